The molecule has 0 aromatic heterocycles. The second-order valence-corrected chi connectivity index (χ2v) is 6.27. The summed E-state index contributed by atoms with van der Waals surface area (Å²) in [5.41, 5.74) is 0.790. The maximum Gasteiger partial charge on any atom is 0.102 e. The third-order valence-electron chi connectivity index (χ3n) is 4.69. The van der Waals surface area contributed by atoms with Crippen LogP contribution in [0.3, 0.4) is 0 Å². The molecule has 1 heterocycles. The van der Waals surface area contributed by atoms with E-state index >= 15 is 0 Å². The Kier molecular flexibility index (Phi) is 2.42. The van der Waals surface area contributed by atoms with Crippen molar-refractivity contribution in [2.24, 2.45) is 11.3 Å². The molecular weight excluding hydrogens is 170 g/mol. The lowest BCUT2D eigenvalue weighted by molar-refractivity contribution is -1.00. The van der Waals surface area contributed by atoms with Gasteiger partial charge in [0.05, 0.1) is 25.6 Å². The van der Waals surface area contributed by atoms with Crippen molar-refractivity contribution >= 4 is 0 Å². The zero-order chi connectivity index (χ0) is 10.4. The minimum Gasteiger partial charge on any atom is -0.322 e. The van der Waals surface area contributed by atoms with E-state index in [-0.39, 0.29) is 0 Å². The first-order valence-corrected chi connectivity index (χ1v) is 6.38. The Morgan fingerprint density at radius 3 is 2.36 bits per heavy atom. The lowest BCUT2D eigenvalue weighted by atomic mass is 9.54. The largest absolute Gasteiger partial charge is 0.322 e. The Hall–Kier alpha value is -0.0400. The first-order chi connectivity index (χ1) is 6.54. The summed E-state index contributed by atoms with van der Waals surface area (Å²) in [5, 5.41) is 0. The summed E-state index contributed by atoms with van der Waals surface area (Å²) < 4.78 is 1.37. The van der Waals surface area contributed by atoms with E-state index in [2.05, 4.69) is 27.8 Å². The summed E-state index contributed by atoms with van der Waals surface area (Å²) in [6, 6.07) is 0.969. The van der Waals surface area contributed by atoms with E-state index in [0.29, 0.717) is 0 Å². The second-order valence-electron chi connectivity index (χ2n) is 6.27. The molecule has 0 radical (unpaired) electrons. The molecule has 1 aliphatic heterocycles. The maximum absolute atomic E-state index is 2.48. The van der Waals surface area contributed by atoms with Crippen molar-refractivity contribution in [3.63, 3.8) is 0 Å². The molecule has 1 spiro atoms. The highest BCUT2D eigenvalue weighted by atomic mass is 15.4. The first-order valence-electron chi connectivity index (χ1n) is 6.38. The van der Waals surface area contributed by atoms with Crippen LogP contribution in [0.25, 0.3) is 0 Å². The molecule has 1 heteroatoms. The average molecular weight is 196 g/mol. The summed E-state index contributed by atoms with van der Waals surface area (Å²) in [4.78, 5) is 0. The van der Waals surface area contributed by atoms with Gasteiger partial charge in [0.2, 0.25) is 0 Å². The summed E-state index contributed by atoms with van der Waals surface area (Å²) in [6.07, 6.45) is 5.88. The molecule has 1 saturated heterocycles. The van der Waals surface area contributed by atoms with Gasteiger partial charge in [-0.15, -0.1) is 0 Å². The van der Waals surface area contributed by atoms with Crippen molar-refractivity contribution in [1.29, 1.82) is 0 Å². The highest BCUT2D eigenvalue weighted by Gasteiger charge is 2.65. The van der Waals surface area contributed by atoms with Gasteiger partial charge in [0, 0.05) is 5.92 Å². The summed E-state index contributed by atoms with van der Waals surface area (Å²) in [5.74, 6) is 0.876. The Labute approximate surface area is 89.1 Å². The fourth-order valence-corrected chi connectivity index (χ4v) is 4.70. The third kappa shape index (κ3) is 1.25. The zero-order valence-corrected chi connectivity index (χ0v) is 10.3. The summed E-state index contributed by atoms with van der Waals surface area (Å²) >= 11 is 0. The topological polar surface area (TPSA) is 0 Å². The summed E-state index contributed by atoms with van der Waals surface area (Å²) in [7, 11) is 2.48. The molecule has 0 amide bonds. The quantitative estimate of drug-likeness (QED) is 0.609. The molecule has 1 aliphatic carbocycles. The van der Waals surface area contributed by atoms with Crippen LogP contribution in [-0.4, -0.2) is 30.7 Å². The van der Waals surface area contributed by atoms with Gasteiger partial charge in [0.1, 0.15) is 6.04 Å². The lowest BCUT2D eigenvalue weighted by Crippen LogP contribution is -2.78. The monoisotopic (exact) mass is 196 g/mol. The van der Waals surface area contributed by atoms with Crippen LogP contribution in [-0.2, 0) is 0 Å². The predicted octanol–water partition coefficient (Wildman–Crippen LogP) is 3.05. The second kappa shape index (κ2) is 3.23. The number of quaternary nitrogens is 1. The number of hydrogen-bond donors (Lipinski definition) is 0. The Morgan fingerprint density at radius 2 is 2.00 bits per heavy atom. The van der Waals surface area contributed by atoms with Crippen molar-refractivity contribution in [3.8, 4) is 0 Å². The van der Waals surface area contributed by atoms with Crippen LogP contribution in [0.2, 0.25) is 0 Å². The standard InChI is InChI=1S/C13H26N/c1-5-9-14(4)10-13(7-6-8-13)12(14)11(2)3/h11-12H,5-10H2,1-4H3/q+1. The molecule has 82 valence electrons. The van der Waals surface area contributed by atoms with Gasteiger partial charge in [0.25, 0.3) is 0 Å². The molecule has 0 N–H and O–H groups in total. The van der Waals surface area contributed by atoms with E-state index in [1.165, 1.54) is 43.3 Å². The molecular formula is C13H26N+. The van der Waals surface area contributed by atoms with E-state index in [1.807, 2.05) is 0 Å². The Balaban J connectivity index is 2.09. The van der Waals surface area contributed by atoms with E-state index < -0.39 is 0 Å². The maximum atomic E-state index is 2.48. The molecule has 2 unspecified atom stereocenters. The molecule has 0 aromatic carbocycles. The highest BCUT2D eigenvalue weighted by molar-refractivity contribution is 5.02. The molecule has 2 fully saturated rings. The minimum atomic E-state index is 0.790. The van der Waals surface area contributed by atoms with E-state index in [0.717, 1.165) is 17.4 Å². The normalized spacial score (nSPS) is 39.6. The van der Waals surface area contributed by atoms with Gasteiger partial charge in [-0.1, -0.05) is 27.2 Å². The molecule has 2 aliphatic rings. The predicted molar refractivity (Wildman–Crippen MR) is 61.1 cm³/mol. The van der Waals surface area contributed by atoms with Gasteiger partial charge in [-0.05, 0) is 19.3 Å². The number of nitrogens with zero attached hydrogens (tertiary/aromatic N) is 1. The van der Waals surface area contributed by atoms with E-state index in [1.54, 1.807) is 0 Å². The van der Waals surface area contributed by atoms with Crippen LogP contribution in [0.5, 0.6) is 0 Å². The van der Waals surface area contributed by atoms with Crippen LogP contribution >= 0.6 is 0 Å². The Morgan fingerprint density at radius 1 is 1.36 bits per heavy atom. The molecule has 1 saturated carbocycles. The minimum absolute atomic E-state index is 0.790. The fourth-order valence-electron chi connectivity index (χ4n) is 4.70. The fraction of sp³-hybridized carbons (Fsp3) is 1.00. The molecule has 2 rings (SSSR count). The lowest BCUT2D eigenvalue weighted by Gasteiger charge is -2.67. The van der Waals surface area contributed by atoms with Crippen molar-refractivity contribution < 1.29 is 4.48 Å². The third-order valence-corrected chi connectivity index (χ3v) is 4.69. The van der Waals surface area contributed by atoms with Gasteiger partial charge in [-0.2, -0.15) is 0 Å². The van der Waals surface area contributed by atoms with Gasteiger partial charge in [-0.3, -0.25) is 0 Å². The van der Waals surface area contributed by atoms with Crippen molar-refractivity contribution in [3.05, 3.63) is 0 Å². The van der Waals surface area contributed by atoms with Gasteiger partial charge < -0.3 is 4.48 Å². The number of hydrogen-bond acceptors (Lipinski definition) is 0. The molecule has 14 heavy (non-hydrogen) atoms. The Bertz CT molecular complexity index is 217. The summed E-state index contributed by atoms with van der Waals surface area (Å²) in [6.45, 7) is 10.0. The number of likely N-dealkylation sites (tertiary alicyclic amines) is 1. The van der Waals surface area contributed by atoms with Crippen LogP contribution in [0.4, 0.5) is 0 Å². The van der Waals surface area contributed by atoms with Crippen LogP contribution < -0.4 is 0 Å². The highest BCUT2D eigenvalue weighted by Crippen LogP contribution is 2.58. The molecule has 1 nitrogen and oxygen atoms in total. The van der Waals surface area contributed by atoms with Crippen molar-refractivity contribution in [2.45, 2.75) is 52.5 Å². The molecule has 2 atom stereocenters. The van der Waals surface area contributed by atoms with Gasteiger partial charge in [-0.25, -0.2) is 0 Å². The first kappa shape index (κ1) is 10.5. The van der Waals surface area contributed by atoms with Gasteiger partial charge in [0.15, 0.2) is 0 Å². The smallest absolute Gasteiger partial charge is 0.102 e. The zero-order valence-electron chi connectivity index (χ0n) is 10.3. The van der Waals surface area contributed by atoms with Gasteiger partial charge >= 0.3 is 0 Å². The van der Waals surface area contributed by atoms with Crippen molar-refractivity contribution in [1.82, 2.24) is 0 Å². The average Bonchev–Trinajstić information content (AvgIpc) is 1.96. The molecule has 0 bridgehead atoms. The van der Waals surface area contributed by atoms with E-state index in [4.69, 9.17) is 0 Å². The van der Waals surface area contributed by atoms with E-state index in [9.17, 15) is 0 Å². The molecule has 0 aromatic rings. The van der Waals surface area contributed by atoms with Crippen LogP contribution in [0.1, 0.15) is 46.5 Å². The van der Waals surface area contributed by atoms with Crippen molar-refractivity contribution in [2.75, 3.05) is 20.1 Å². The van der Waals surface area contributed by atoms with Crippen LogP contribution in [0.15, 0.2) is 0 Å². The number of rotatable bonds is 3. The van der Waals surface area contributed by atoms with Crippen LogP contribution in [0, 0.1) is 11.3 Å². The SMILES string of the molecule is CCC[N+]1(C)CC2(CCC2)C1C(C)C.